The molecule has 5 nitrogen and oxygen atoms in total. The molecular formula is C13H15N3O2. The number of aromatic nitrogens is 1. The molecule has 0 saturated carbocycles. The molecule has 94 valence electrons. The van der Waals surface area contributed by atoms with Gasteiger partial charge < -0.3 is 15.7 Å². The van der Waals surface area contributed by atoms with E-state index in [-0.39, 0.29) is 5.84 Å². The van der Waals surface area contributed by atoms with Gasteiger partial charge in [-0.1, -0.05) is 30.3 Å². The highest BCUT2D eigenvalue weighted by molar-refractivity contribution is 5.87. The third kappa shape index (κ3) is 2.34. The topological polar surface area (TPSA) is 80.7 Å². The predicted molar refractivity (Wildman–Crippen MR) is 69.9 cm³/mol. The summed E-state index contributed by atoms with van der Waals surface area (Å²) in [6, 6.07) is 9.49. The highest BCUT2D eigenvalue weighted by Gasteiger charge is 2.15. The lowest BCUT2D eigenvalue weighted by Gasteiger charge is -2.16. The first-order valence-electron chi connectivity index (χ1n) is 5.74. The minimum absolute atomic E-state index is 0.0606. The highest BCUT2D eigenvalue weighted by Crippen LogP contribution is 2.24. The van der Waals surface area contributed by atoms with E-state index < -0.39 is 6.10 Å². The molecule has 1 heterocycles. The van der Waals surface area contributed by atoms with Crippen molar-refractivity contribution in [2.75, 3.05) is 0 Å². The summed E-state index contributed by atoms with van der Waals surface area (Å²) in [5.41, 5.74) is 6.34. The Morgan fingerprint density at radius 1 is 1.44 bits per heavy atom. The summed E-state index contributed by atoms with van der Waals surface area (Å²) in [7, 11) is 0. The van der Waals surface area contributed by atoms with Crippen LogP contribution in [0.5, 0.6) is 5.75 Å². The van der Waals surface area contributed by atoms with Gasteiger partial charge in [0.05, 0.1) is 0 Å². The average molecular weight is 245 g/mol. The standard InChI is InChI=1S/C13H15N3O2/c1-2-10(13(14)16-17)18-11-7-3-5-9-6-4-8-15-12(9)11/h3-8,10,17H,2H2,1H3,(H2,14,16). The Hall–Kier alpha value is -2.30. The molecule has 0 amide bonds. The molecule has 18 heavy (non-hydrogen) atoms. The van der Waals surface area contributed by atoms with Crippen molar-refractivity contribution in [2.45, 2.75) is 19.4 Å². The van der Waals surface area contributed by atoms with Gasteiger partial charge in [0.15, 0.2) is 11.9 Å². The SMILES string of the molecule is CCC(Oc1cccc2cccnc12)C(N)=NO. The second kappa shape index (κ2) is 5.35. The van der Waals surface area contributed by atoms with E-state index in [4.69, 9.17) is 15.7 Å². The van der Waals surface area contributed by atoms with Crippen molar-refractivity contribution in [3.8, 4) is 5.75 Å². The van der Waals surface area contributed by atoms with Crippen LogP contribution in [0.4, 0.5) is 0 Å². The maximum Gasteiger partial charge on any atom is 0.180 e. The second-order valence-electron chi connectivity index (χ2n) is 3.87. The van der Waals surface area contributed by atoms with Crippen molar-refractivity contribution in [1.82, 2.24) is 4.98 Å². The number of nitrogens with zero attached hydrogens (tertiary/aromatic N) is 2. The molecule has 0 radical (unpaired) electrons. The third-order valence-electron chi connectivity index (χ3n) is 2.68. The number of amidine groups is 1. The zero-order valence-corrected chi connectivity index (χ0v) is 10.1. The number of ether oxygens (including phenoxy) is 1. The molecule has 0 aliphatic carbocycles. The Morgan fingerprint density at radius 2 is 2.22 bits per heavy atom. The molecule has 5 heteroatoms. The number of para-hydroxylation sites is 1. The normalized spacial score (nSPS) is 13.5. The molecule has 0 saturated heterocycles. The molecule has 2 rings (SSSR count). The first kappa shape index (κ1) is 12.2. The fourth-order valence-electron chi connectivity index (χ4n) is 1.74. The van der Waals surface area contributed by atoms with Crippen molar-refractivity contribution in [2.24, 2.45) is 10.9 Å². The summed E-state index contributed by atoms with van der Waals surface area (Å²) in [5.74, 6) is 0.692. The van der Waals surface area contributed by atoms with Crippen LogP contribution < -0.4 is 10.5 Å². The van der Waals surface area contributed by atoms with Gasteiger partial charge in [-0.15, -0.1) is 0 Å². The van der Waals surface area contributed by atoms with Crippen LogP contribution in [0, 0.1) is 0 Å². The van der Waals surface area contributed by atoms with E-state index in [1.54, 1.807) is 6.20 Å². The van der Waals surface area contributed by atoms with Gasteiger partial charge in [-0.3, -0.25) is 4.98 Å². The van der Waals surface area contributed by atoms with Crippen LogP contribution in [0.1, 0.15) is 13.3 Å². The van der Waals surface area contributed by atoms with Gasteiger partial charge >= 0.3 is 0 Å². The smallest absolute Gasteiger partial charge is 0.180 e. The van der Waals surface area contributed by atoms with Crippen LogP contribution in [-0.4, -0.2) is 22.1 Å². The summed E-state index contributed by atoms with van der Waals surface area (Å²) in [6.07, 6.45) is 1.86. The lowest BCUT2D eigenvalue weighted by atomic mass is 10.2. The maximum absolute atomic E-state index is 8.69. The first-order valence-corrected chi connectivity index (χ1v) is 5.74. The molecule has 0 bridgehead atoms. The number of rotatable bonds is 4. The Bertz CT molecular complexity index is 564. The Kier molecular flexibility index (Phi) is 3.62. The molecule has 0 spiro atoms. The molecular weight excluding hydrogens is 230 g/mol. The number of hydrogen-bond donors (Lipinski definition) is 2. The Morgan fingerprint density at radius 3 is 2.94 bits per heavy atom. The predicted octanol–water partition coefficient (Wildman–Crippen LogP) is 2.14. The van der Waals surface area contributed by atoms with Gasteiger partial charge in [0, 0.05) is 11.6 Å². The van der Waals surface area contributed by atoms with Gasteiger partial charge in [-0.05, 0) is 18.6 Å². The van der Waals surface area contributed by atoms with Gasteiger partial charge in [-0.25, -0.2) is 0 Å². The van der Waals surface area contributed by atoms with Crippen LogP contribution in [0.15, 0.2) is 41.7 Å². The van der Waals surface area contributed by atoms with E-state index in [0.29, 0.717) is 12.2 Å². The quantitative estimate of drug-likeness (QED) is 0.374. The Balaban J connectivity index is 2.37. The molecule has 0 aliphatic heterocycles. The lowest BCUT2D eigenvalue weighted by molar-refractivity contribution is 0.248. The summed E-state index contributed by atoms with van der Waals surface area (Å²) in [6.45, 7) is 1.90. The number of benzene rings is 1. The summed E-state index contributed by atoms with van der Waals surface area (Å²) < 4.78 is 5.75. The Labute approximate surface area is 105 Å². The maximum atomic E-state index is 8.69. The van der Waals surface area contributed by atoms with Crippen LogP contribution in [0.25, 0.3) is 10.9 Å². The van der Waals surface area contributed by atoms with E-state index in [2.05, 4.69) is 10.1 Å². The van der Waals surface area contributed by atoms with Gasteiger partial charge in [-0.2, -0.15) is 0 Å². The number of oxime groups is 1. The molecule has 1 aromatic carbocycles. The average Bonchev–Trinajstić information content (AvgIpc) is 2.44. The van der Waals surface area contributed by atoms with Crippen molar-refractivity contribution >= 4 is 16.7 Å². The lowest BCUT2D eigenvalue weighted by Crippen LogP contribution is -2.33. The number of fused-ring (bicyclic) bond motifs is 1. The van der Waals surface area contributed by atoms with Crippen LogP contribution >= 0.6 is 0 Å². The third-order valence-corrected chi connectivity index (χ3v) is 2.68. The molecule has 1 atom stereocenters. The fourth-order valence-corrected chi connectivity index (χ4v) is 1.74. The van der Waals surface area contributed by atoms with E-state index in [9.17, 15) is 0 Å². The monoisotopic (exact) mass is 245 g/mol. The zero-order chi connectivity index (χ0) is 13.0. The van der Waals surface area contributed by atoms with E-state index >= 15 is 0 Å². The van der Waals surface area contributed by atoms with E-state index in [0.717, 1.165) is 10.9 Å². The van der Waals surface area contributed by atoms with Crippen LogP contribution in [-0.2, 0) is 0 Å². The van der Waals surface area contributed by atoms with Crippen molar-refractivity contribution < 1.29 is 9.94 Å². The molecule has 3 N–H and O–H groups in total. The summed E-state index contributed by atoms with van der Waals surface area (Å²) >= 11 is 0. The molecule has 1 unspecified atom stereocenters. The van der Waals surface area contributed by atoms with Crippen molar-refractivity contribution in [3.63, 3.8) is 0 Å². The zero-order valence-electron chi connectivity index (χ0n) is 10.1. The minimum Gasteiger partial charge on any atom is -0.480 e. The summed E-state index contributed by atoms with van der Waals surface area (Å²) in [5, 5.41) is 12.7. The van der Waals surface area contributed by atoms with Gasteiger partial charge in [0.1, 0.15) is 11.3 Å². The van der Waals surface area contributed by atoms with Crippen molar-refractivity contribution in [3.05, 3.63) is 36.5 Å². The van der Waals surface area contributed by atoms with Crippen LogP contribution in [0.2, 0.25) is 0 Å². The van der Waals surface area contributed by atoms with Gasteiger partial charge in [0.2, 0.25) is 0 Å². The van der Waals surface area contributed by atoms with Crippen LogP contribution in [0.3, 0.4) is 0 Å². The minimum atomic E-state index is -0.456. The largest absolute Gasteiger partial charge is 0.480 e. The van der Waals surface area contributed by atoms with E-state index in [1.165, 1.54) is 0 Å². The summed E-state index contributed by atoms with van der Waals surface area (Å²) in [4.78, 5) is 4.29. The number of hydrogen-bond acceptors (Lipinski definition) is 4. The second-order valence-corrected chi connectivity index (χ2v) is 3.87. The molecule has 1 aromatic heterocycles. The first-order chi connectivity index (χ1) is 8.76. The van der Waals surface area contributed by atoms with E-state index in [1.807, 2.05) is 37.3 Å². The fraction of sp³-hybridized carbons (Fsp3) is 0.231. The highest BCUT2D eigenvalue weighted by atomic mass is 16.5. The molecule has 0 aliphatic rings. The molecule has 0 fully saturated rings. The van der Waals surface area contributed by atoms with Crippen molar-refractivity contribution in [1.29, 1.82) is 0 Å². The molecule has 2 aromatic rings. The number of nitrogens with two attached hydrogens (primary N) is 1. The van der Waals surface area contributed by atoms with Gasteiger partial charge in [0.25, 0.3) is 0 Å². The number of pyridine rings is 1.